The van der Waals surface area contributed by atoms with Crippen LogP contribution in [0.3, 0.4) is 0 Å². The predicted octanol–water partition coefficient (Wildman–Crippen LogP) is 3.49. The van der Waals surface area contributed by atoms with E-state index in [2.05, 4.69) is 45.7 Å². The van der Waals surface area contributed by atoms with Crippen LogP contribution in [0.4, 0.5) is 5.69 Å². The van der Waals surface area contributed by atoms with Crippen LogP contribution in [0.15, 0.2) is 30.5 Å². The number of hydrogen-bond donors (Lipinski definition) is 2. The molecule has 3 aromatic rings. The number of H-pyrrole nitrogens is 1. The summed E-state index contributed by atoms with van der Waals surface area (Å²) in [7, 11) is 0. The lowest BCUT2D eigenvalue weighted by molar-refractivity contribution is 0.102. The van der Waals surface area contributed by atoms with Crippen molar-refractivity contribution < 1.29 is 4.79 Å². The Kier molecular flexibility index (Phi) is 4.40. The van der Waals surface area contributed by atoms with Crippen molar-refractivity contribution in [2.45, 2.75) is 27.3 Å². The second-order valence-corrected chi connectivity index (χ2v) is 6.15. The number of aromatic nitrogens is 4. The fraction of sp³-hybridized carbons (Fsp3) is 0.235. The van der Waals surface area contributed by atoms with E-state index in [-0.39, 0.29) is 16.6 Å². The Morgan fingerprint density at radius 1 is 1.33 bits per heavy atom. The summed E-state index contributed by atoms with van der Waals surface area (Å²) in [6.07, 6.45) is 1.40. The molecule has 2 aromatic heterocycles. The summed E-state index contributed by atoms with van der Waals surface area (Å²) >= 11 is 5.93. The number of aryl methyl sites for hydroxylation is 2. The van der Waals surface area contributed by atoms with Crippen LogP contribution in [0.2, 0.25) is 5.02 Å². The number of rotatable bonds is 4. The summed E-state index contributed by atoms with van der Waals surface area (Å²) in [5.41, 5.74) is 4.94. The summed E-state index contributed by atoms with van der Waals surface area (Å²) in [5, 5.41) is 14.0. The van der Waals surface area contributed by atoms with Gasteiger partial charge in [-0.15, -0.1) is 0 Å². The maximum absolute atomic E-state index is 12.3. The molecule has 1 amide bonds. The number of carbonyl (C=O) groups is 1. The minimum Gasteiger partial charge on any atom is -0.317 e. The van der Waals surface area contributed by atoms with Gasteiger partial charge in [0, 0.05) is 0 Å². The number of halogens is 1. The number of aromatic amines is 1. The van der Waals surface area contributed by atoms with Gasteiger partial charge in [0.2, 0.25) is 0 Å². The largest absolute Gasteiger partial charge is 0.317 e. The van der Waals surface area contributed by atoms with E-state index < -0.39 is 0 Å². The first-order chi connectivity index (χ1) is 11.5. The Labute approximate surface area is 144 Å². The van der Waals surface area contributed by atoms with Crippen LogP contribution in [-0.4, -0.2) is 25.9 Å². The lowest BCUT2D eigenvalue weighted by Crippen LogP contribution is -2.14. The van der Waals surface area contributed by atoms with Gasteiger partial charge in [0.05, 0.1) is 34.8 Å². The van der Waals surface area contributed by atoms with Gasteiger partial charge in [-0.25, -0.2) is 0 Å². The van der Waals surface area contributed by atoms with Crippen molar-refractivity contribution in [3.05, 3.63) is 63.7 Å². The summed E-state index contributed by atoms with van der Waals surface area (Å²) in [5.74, 6) is -0.334. The molecule has 0 radical (unpaired) electrons. The lowest BCUT2D eigenvalue weighted by atomic mass is 10.1. The van der Waals surface area contributed by atoms with Crippen molar-refractivity contribution in [3.63, 3.8) is 0 Å². The van der Waals surface area contributed by atoms with E-state index >= 15 is 0 Å². The first-order valence-corrected chi connectivity index (χ1v) is 7.93. The van der Waals surface area contributed by atoms with Gasteiger partial charge in [0.1, 0.15) is 5.69 Å². The van der Waals surface area contributed by atoms with Crippen LogP contribution in [0, 0.1) is 20.8 Å². The topological polar surface area (TPSA) is 75.6 Å². The maximum Gasteiger partial charge on any atom is 0.275 e. The van der Waals surface area contributed by atoms with Crippen LogP contribution >= 0.6 is 11.6 Å². The third-order valence-corrected chi connectivity index (χ3v) is 4.14. The quantitative estimate of drug-likeness (QED) is 0.761. The summed E-state index contributed by atoms with van der Waals surface area (Å²) in [6.45, 7) is 6.50. The fourth-order valence-electron chi connectivity index (χ4n) is 2.62. The summed E-state index contributed by atoms with van der Waals surface area (Å²) in [4.78, 5) is 12.3. The molecule has 124 valence electrons. The molecule has 0 aliphatic carbocycles. The Morgan fingerprint density at radius 2 is 2.12 bits per heavy atom. The normalized spacial score (nSPS) is 10.8. The van der Waals surface area contributed by atoms with Gasteiger partial charge in [0.25, 0.3) is 5.91 Å². The van der Waals surface area contributed by atoms with Gasteiger partial charge in [0.15, 0.2) is 0 Å². The van der Waals surface area contributed by atoms with Crippen molar-refractivity contribution in [2.24, 2.45) is 0 Å². The number of nitrogens with zero attached hydrogens (tertiary/aromatic N) is 3. The summed E-state index contributed by atoms with van der Waals surface area (Å²) < 4.78 is 1.88. The molecular weight excluding hydrogens is 326 g/mol. The highest BCUT2D eigenvalue weighted by Crippen LogP contribution is 2.22. The van der Waals surface area contributed by atoms with Crippen molar-refractivity contribution in [3.8, 4) is 0 Å². The molecule has 24 heavy (non-hydrogen) atoms. The number of nitrogens with one attached hydrogen (secondary N) is 2. The molecule has 0 aliphatic heterocycles. The minimum absolute atomic E-state index is 0.238. The van der Waals surface area contributed by atoms with E-state index in [9.17, 15) is 4.79 Å². The van der Waals surface area contributed by atoms with Gasteiger partial charge in [-0.2, -0.15) is 10.2 Å². The molecule has 0 fully saturated rings. The highest BCUT2D eigenvalue weighted by atomic mass is 35.5. The van der Waals surface area contributed by atoms with E-state index in [4.69, 9.17) is 11.6 Å². The van der Waals surface area contributed by atoms with Gasteiger partial charge in [-0.1, -0.05) is 41.4 Å². The first-order valence-electron chi connectivity index (χ1n) is 7.55. The molecule has 0 unspecified atom stereocenters. The minimum atomic E-state index is -0.334. The van der Waals surface area contributed by atoms with Gasteiger partial charge < -0.3 is 5.32 Å². The molecule has 0 aliphatic rings. The number of hydrogen-bond acceptors (Lipinski definition) is 3. The predicted molar refractivity (Wildman–Crippen MR) is 93.5 cm³/mol. The van der Waals surface area contributed by atoms with Crippen LogP contribution in [0.25, 0.3) is 0 Å². The number of amides is 1. The van der Waals surface area contributed by atoms with Crippen LogP contribution in [0.5, 0.6) is 0 Å². The van der Waals surface area contributed by atoms with Crippen molar-refractivity contribution >= 4 is 23.2 Å². The Bertz CT molecular complexity index is 896. The van der Waals surface area contributed by atoms with Crippen molar-refractivity contribution in [1.82, 2.24) is 20.0 Å². The molecule has 1 aromatic carbocycles. The zero-order valence-electron chi connectivity index (χ0n) is 13.7. The second kappa shape index (κ2) is 6.49. The number of carbonyl (C=O) groups excluding carboxylic acids is 1. The Morgan fingerprint density at radius 3 is 2.79 bits per heavy atom. The molecular formula is C17H18ClN5O. The number of anilines is 1. The second-order valence-electron chi connectivity index (χ2n) is 5.74. The average molecular weight is 344 g/mol. The van der Waals surface area contributed by atoms with E-state index in [0.717, 1.165) is 17.0 Å². The molecule has 0 saturated carbocycles. The third-order valence-electron chi connectivity index (χ3n) is 3.85. The van der Waals surface area contributed by atoms with Gasteiger partial charge >= 0.3 is 0 Å². The van der Waals surface area contributed by atoms with E-state index in [1.165, 1.54) is 11.8 Å². The van der Waals surface area contributed by atoms with E-state index in [1.807, 2.05) is 24.6 Å². The molecule has 2 N–H and O–H groups in total. The summed E-state index contributed by atoms with van der Waals surface area (Å²) in [6, 6.07) is 8.27. The van der Waals surface area contributed by atoms with E-state index in [0.29, 0.717) is 12.2 Å². The zero-order valence-corrected chi connectivity index (χ0v) is 14.5. The van der Waals surface area contributed by atoms with Crippen LogP contribution in [-0.2, 0) is 6.54 Å². The Balaban J connectivity index is 1.84. The molecule has 0 bridgehead atoms. The first kappa shape index (κ1) is 16.3. The highest BCUT2D eigenvalue weighted by molar-refractivity contribution is 6.34. The van der Waals surface area contributed by atoms with E-state index in [1.54, 1.807) is 0 Å². The molecule has 0 spiro atoms. The molecule has 7 heteroatoms. The van der Waals surface area contributed by atoms with Gasteiger partial charge in [-0.05, 0) is 26.3 Å². The van der Waals surface area contributed by atoms with Gasteiger partial charge in [-0.3, -0.25) is 14.6 Å². The maximum atomic E-state index is 12.3. The SMILES string of the molecule is Cc1cccc(Cn2nc(C)c(NC(=O)c3[nH]ncc3Cl)c2C)c1. The molecule has 6 nitrogen and oxygen atoms in total. The highest BCUT2D eigenvalue weighted by Gasteiger charge is 2.18. The monoisotopic (exact) mass is 343 g/mol. The zero-order chi connectivity index (χ0) is 17.3. The smallest absolute Gasteiger partial charge is 0.275 e. The molecule has 2 heterocycles. The molecule has 0 atom stereocenters. The number of benzene rings is 1. The average Bonchev–Trinajstić information content (AvgIpc) is 3.06. The lowest BCUT2D eigenvalue weighted by Gasteiger charge is -2.07. The fourth-order valence-corrected chi connectivity index (χ4v) is 2.80. The standard InChI is InChI=1S/C17H18ClN5O/c1-10-5-4-6-13(7-10)9-23-12(3)15(11(2)22-23)20-17(24)16-14(18)8-19-21-16/h4-8H,9H2,1-3H3,(H,19,21)(H,20,24). The Hall–Kier alpha value is -2.60. The van der Waals surface area contributed by atoms with Crippen LogP contribution < -0.4 is 5.32 Å². The molecule has 0 saturated heterocycles. The molecule has 3 rings (SSSR count). The third kappa shape index (κ3) is 3.19. The van der Waals surface area contributed by atoms with Crippen molar-refractivity contribution in [2.75, 3.05) is 5.32 Å². The van der Waals surface area contributed by atoms with Crippen molar-refractivity contribution in [1.29, 1.82) is 0 Å². The van der Waals surface area contributed by atoms with Crippen LogP contribution in [0.1, 0.15) is 33.0 Å².